The van der Waals surface area contributed by atoms with Gasteiger partial charge in [-0.15, -0.1) is 0 Å². The fourth-order valence-corrected chi connectivity index (χ4v) is 1.28. The van der Waals surface area contributed by atoms with Gasteiger partial charge in [0.2, 0.25) is 0 Å². The van der Waals surface area contributed by atoms with Crippen LogP contribution in [0.3, 0.4) is 0 Å². The number of rotatable bonds is 3. The van der Waals surface area contributed by atoms with Crippen molar-refractivity contribution in [3.05, 3.63) is 30.6 Å². The zero-order valence-electron chi connectivity index (χ0n) is 8.77. The maximum atomic E-state index is 5.20. The lowest BCUT2D eigenvalue weighted by molar-refractivity contribution is 0.434. The van der Waals surface area contributed by atoms with Gasteiger partial charge in [0.1, 0.15) is 0 Å². The van der Waals surface area contributed by atoms with Crippen LogP contribution in [0.1, 0.15) is 13.8 Å². The second-order valence-corrected chi connectivity index (χ2v) is 3.62. The van der Waals surface area contributed by atoms with Gasteiger partial charge in [0.05, 0.1) is 0 Å². The summed E-state index contributed by atoms with van der Waals surface area (Å²) in [5, 5.41) is 7.09. The summed E-state index contributed by atoms with van der Waals surface area (Å²) in [7, 11) is 0. The Labute approximate surface area is 88.3 Å². The van der Waals surface area contributed by atoms with Crippen LogP contribution in [0, 0.1) is 0 Å². The van der Waals surface area contributed by atoms with Crippen LogP contribution in [0.2, 0.25) is 0 Å². The highest BCUT2D eigenvalue weighted by molar-refractivity contribution is 5.59. The highest BCUT2D eigenvalue weighted by atomic mass is 16.5. The van der Waals surface area contributed by atoms with Crippen molar-refractivity contribution in [1.29, 1.82) is 0 Å². The minimum Gasteiger partial charge on any atom is -0.365 e. The van der Waals surface area contributed by atoms with E-state index in [2.05, 4.69) is 29.3 Å². The zero-order valence-corrected chi connectivity index (χ0v) is 8.77. The number of anilines is 1. The lowest BCUT2D eigenvalue weighted by Gasteiger charge is -2.03. The van der Waals surface area contributed by atoms with Gasteiger partial charge in [0.25, 0.3) is 0 Å². The molecule has 0 fully saturated rings. The van der Waals surface area contributed by atoms with E-state index >= 15 is 0 Å². The summed E-state index contributed by atoms with van der Waals surface area (Å²) in [4.78, 5) is 4.02. The number of pyridine rings is 1. The Balaban J connectivity index is 2.21. The van der Waals surface area contributed by atoms with E-state index in [4.69, 9.17) is 4.52 Å². The SMILES string of the molecule is CC(C)Nc1cc(-c2cccnc2)on1. The Morgan fingerprint density at radius 3 is 2.93 bits per heavy atom. The molecule has 0 aliphatic heterocycles. The fraction of sp³-hybridized carbons (Fsp3) is 0.273. The topological polar surface area (TPSA) is 51.0 Å². The third-order valence-electron chi connectivity index (χ3n) is 1.89. The molecule has 0 bridgehead atoms. The largest absolute Gasteiger partial charge is 0.365 e. The van der Waals surface area contributed by atoms with E-state index in [1.807, 2.05) is 18.2 Å². The monoisotopic (exact) mass is 203 g/mol. The minimum atomic E-state index is 0.344. The maximum Gasteiger partial charge on any atom is 0.170 e. The van der Waals surface area contributed by atoms with Gasteiger partial charge in [-0.05, 0) is 26.0 Å². The van der Waals surface area contributed by atoms with Gasteiger partial charge in [-0.1, -0.05) is 5.16 Å². The molecule has 0 unspecified atom stereocenters. The molecule has 0 atom stereocenters. The van der Waals surface area contributed by atoms with E-state index in [-0.39, 0.29) is 0 Å². The molecular formula is C11H13N3O. The number of hydrogen-bond donors (Lipinski definition) is 1. The van der Waals surface area contributed by atoms with Crippen LogP contribution in [0.5, 0.6) is 0 Å². The van der Waals surface area contributed by atoms with Gasteiger partial charge < -0.3 is 9.84 Å². The molecule has 0 spiro atoms. The molecule has 4 nitrogen and oxygen atoms in total. The Morgan fingerprint density at radius 1 is 1.40 bits per heavy atom. The van der Waals surface area contributed by atoms with E-state index in [0.717, 1.165) is 17.1 Å². The van der Waals surface area contributed by atoms with E-state index in [0.29, 0.717) is 6.04 Å². The van der Waals surface area contributed by atoms with Gasteiger partial charge in [-0.3, -0.25) is 4.98 Å². The Kier molecular flexibility index (Phi) is 2.67. The second kappa shape index (κ2) is 4.13. The molecule has 2 rings (SSSR count). The van der Waals surface area contributed by atoms with Crippen LogP contribution in [-0.4, -0.2) is 16.2 Å². The molecule has 0 saturated carbocycles. The Hall–Kier alpha value is -1.84. The van der Waals surface area contributed by atoms with Gasteiger partial charge in [-0.25, -0.2) is 0 Å². The first kappa shape index (κ1) is 9.71. The summed E-state index contributed by atoms with van der Waals surface area (Å²) < 4.78 is 5.20. The third kappa shape index (κ3) is 2.34. The molecule has 15 heavy (non-hydrogen) atoms. The van der Waals surface area contributed by atoms with Crippen LogP contribution in [0.4, 0.5) is 5.82 Å². The fourth-order valence-electron chi connectivity index (χ4n) is 1.28. The van der Waals surface area contributed by atoms with Gasteiger partial charge in [0.15, 0.2) is 11.6 Å². The molecule has 0 radical (unpaired) electrons. The first-order chi connectivity index (χ1) is 7.25. The van der Waals surface area contributed by atoms with Gasteiger partial charge >= 0.3 is 0 Å². The molecule has 1 N–H and O–H groups in total. The highest BCUT2D eigenvalue weighted by Crippen LogP contribution is 2.21. The molecule has 4 heteroatoms. The maximum absolute atomic E-state index is 5.20. The van der Waals surface area contributed by atoms with Crippen molar-refractivity contribution in [2.45, 2.75) is 19.9 Å². The van der Waals surface area contributed by atoms with Gasteiger partial charge in [0, 0.05) is 30.1 Å². The van der Waals surface area contributed by atoms with E-state index in [1.165, 1.54) is 0 Å². The summed E-state index contributed by atoms with van der Waals surface area (Å²) >= 11 is 0. The smallest absolute Gasteiger partial charge is 0.170 e. The van der Waals surface area contributed by atoms with Gasteiger partial charge in [-0.2, -0.15) is 0 Å². The van der Waals surface area contributed by atoms with E-state index in [1.54, 1.807) is 12.4 Å². The molecule has 78 valence electrons. The van der Waals surface area contributed by atoms with Crippen molar-refractivity contribution in [3.63, 3.8) is 0 Å². The van der Waals surface area contributed by atoms with Crippen molar-refractivity contribution in [2.75, 3.05) is 5.32 Å². The Morgan fingerprint density at radius 2 is 2.27 bits per heavy atom. The molecule has 0 aliphatic rings. The lowest BCUT2D eigenvalue weighted by Crippen LogP contribution is -2.09. The van der Waals surface area contributed by atoms with Crippen molar-refractivity contribution in [2.24, 2.45) is 0 Å². The molecular weight excluding hydrogens is 190 g/mol. The van der Waals surface area contributed by atoms with Crippen molar-refractivity contribution >= 4 is 5.82 Å². The molecule has 0 aromatic carbocycles. The molecule has 2 aromatic heterocycles. The molecule has 0 amide bonds. The summed E-state index contributed by atoms with van der Waals surface area (Å²) in [5.41, 5.74) is 0.932. The number of aromatic nitrogens is 2. The predicted octanol–water partition coefficient (Wildman–Crippen LogP) is 2.56. The first-order valence-electron chi connectivity index (χ1n) is 4.89. The van der Waals surface area contributed by atoms with Crippen LogP contribution in [-0.2, 0) is 0 Å². The second-order valence-electron chi connectivity index (χ2n) is 3.62. The molecule has 2 heterocycles. The number of hydrogen-bond acceptors (Lipinski definition) is 4. The normalized spacial score (nSPS) is 10.6. The molecule has 0 aliphatic carbocycles. The van der Waals surface area contributed by atoms with Crippen LogP contribution in [0.15, 0.2) is 35.1 Å². The van der Waals surface area contributed by atoms with E-state index < -0.39 is 0 Å². The Bertz CT molecular complexity index is 422. The number of nitrogens with one attached hydrogen (secondary N) is 1. The van der Waals surface area contributed by atoms with Crippen molar-refractivity contribution in [1.82, 2.24) is 10.1 Å². The van der Waals surface area contributed by atoms with Crippen LogP contribution < -0.4 is 5.32 Å². The highest BCUT2D eigenvalue weighted by Gasteiger charge is 2.06. The third-order valence-corrected chi connectivity index (χ3v) is 1.89. The molecule has 2 aromatic rings. The summed E-state index contributed by atoms with van der Waals surface area (Å²) in [5.74, 6) is 1.48. The molecule has 0 saturated heterocycles. The first-order valence-corrected chi connectivity index (χ1v) is 4.89. The lowest BCUT2D eigenvalue weighted by atomic mass is 10.2. The zero-order chi connectivity index (χ0) is 10.7. The van der Waals surface area contributed by atoms with E-state index in [9.17, 15) is 0 Å². The van der Waals surface area contributed by atoms with Crippen LogP contribution >= 0.6 is 0 Å². The quantitative estimate of drug-likeness (QED) is 0.832. The summed E-state index contributed by atoms with van der Waals surface area (Å²) in [6.07, 6.45) is 3.48. The summed E-state index contributed by atoms with van der Waals surface area (Å²) in [6.45, 7) is 4.11. The van der Waals surface area contributed by atoms with Crippen molar-refractivity contribution in [3.8, 4) is 11.3 Å². The summed E-state index contributed by atoms with van der Waals surface area (Å²) in [6, 6.07) is 6.02. The standard InChI is InChI=1S/C11H13N3O/c1-8(2)13-11-6-10(15-14-11)9-4-3-5-12-7-9/h3-8H,1-2H3,(H,13,14). The minimum absolute atomic E-state index is 0.344. The average molecular weight is 203 g/mol. The van der Waals surface area contributed by atoms with Crippen molar-refractivity contribution < 1.29 is 4.52 Å². The number of nitrogens with zero attached hydrogens (tertiary/aromatic N) is 2. The average Bonchev–Trinajstić information content (AvgIpc) is 2.67. The predicted molar refractivity (Wildman–Crippen MR) is 58.5 cm³/mol. The van der Waals surface area contributed by atoms with Crippen LogP contribution in [0.25, 0.3) is 11.3 Å².